The number of halogens is 1. The number of amides is 2. The summed E-state index contributed by atoms with van der Waals surface area (Å²) < 4.78 is 13.0. The molecule has 1 heterocycles. The fourth-order valence-electron chi connectivity index (χ4n) is 4.06. The molecule has 152 valence electrons. The third kappa shape index (κ3) is 4.47. The lowest BCUT2D eigenvalue weighted by molar-refractivity contribution is -0.128. The van der Waals surface area contributed by atoms with Gasteiger partial charge in [0.2, 0.25) is 11.8 Å². The van der Waals surface area contributed by atoms with Crippen molar-refractivity contribution in [3.8, 4) is 0 Å². The molecule has 2 aliphatic rings. The van der Waals surface area contributed by atoms with Crippen molar-refractivity contribution in [2.45, 2.75) is 42.4 Å². The molecule has 0 bridgehead atoms. The number of hydrogen-bond acceptors (Lipinski definition) is 3. The first kappa shape index (κ1) is 20.0. The highest BCUT2D eigenvalue weighted by atomic mass is 32.2. The summed E-state index contributed by atoms with van der Waals surface area (Å²) in [5.41, 5.74) is 2.21. The normalized spacial score (nSPS) is 23.0. The monoisotopic (exact) mass is 412 g/mol. The van der Waals surface area contributed by atoms with Crippen molar-refractivity contribution in [2.24, 2.45) is 0 Å². The minimum Gasteiger partial charge on any atom is -0.353 e. The Bertz CT molecular complexity index is 868. The number of benzene rings is 2. The summed E-state index contributed by atoms with van der Waals surface area (Å²) in [5, 5.41) is 5.68. The average Bonchev–Trinajstić information content (AvgIpc) is 2.71. The molecular weight excluding hydrogens is 387 g/mol. The van der Waals surface area contributed by atoms with E-state index in [1.807, 2.05) is 18.2 Å². The van der Waals surface area contributed by atoms with E-state index in [1.165, 1.54) is 35.9 Å². The van der Waals surface area contributed by atoms with E-state index in [1.54, 1.807) is 12.1 Å². The zero-order valence-electron chi connectivity index (χ0n) is 16.2. The molecule has 4 rings (SSSR count). The molecule has 1 aliphatic carbocycles. The van der Waals surface area contributed by atoms with Gasteiger partial charge >= 0.3 is 0 Å². The van der Waals surface area contributed by atoms with Crippen LogP contribution in [0.3, 0.4) is 0 Å². The SMILES string of the molecule is O=C(NCC1(c2ccccc2)CCC1)C1CSC(Cc2ccc(F)cc2)C(=O)N1. The molecule has 1 saturated heterocycles. The van der Waals surface area contributed by atoms with E-state index in [-0.39, 0.29) is 28.3 Å². The molecule has 2 atom stereocenters. The van der Waals surface area contributed by atoms with Crippen LogP contribution in [0.1, 0.15) is 30.4 Å². The second kappa shape index (κ2) is 8.57. The van der Waals surface area contributed by atoms with Gasteiger partial charge in [-0.2, -0.15) is 0 Å². The Morgan fingerprint density at radius 3 is 2.48 bits per heavy atom. The fourth-order valence-corrected chi connectivity index (χ4v) is 5.25. The van der Waals surface area contributed by atoms with E-state index >= 15 is 0 Å². The maximum atomic E-state index is 13.0. The summed E-state index contributed by atoms with van der Waals surface area (Å²) in [6.07, 6.45) is 3.85. The van der Waals surface area contributed by atoms with Gasteiger partial charge in [-0.15, -0.1) is 11.8 Å². The van der Waals surface area contributed by atoms with Gasteiger partial charge in [-0.1, -0.05) is 48.9 Å². The number of nitrogens with one attached hydrogen (secondary N) is 2. The molecule has 2 aromatic rings. The molecule has 2 amide bonds. The van der Waals surface area contributed by atoms with Crippen LogP contribution in [-0.2, 0) is 21.4 Å². The fraction of sp³-hybridized carbons (Fsp3) is 0.391. The molecule has 1 aliphatic heterocycles. The van der Waals surface area contributed by atoms with Gasteiger partial charge in [0.25, 0.3) is 0 Å². The van der Waals surface area contributed by atoms with E-state index in [4.69, 9.17) is 0 Å². The summed E-state index contributed by atoms with van der Waals surface area (Å²) in [6.45, 7) is 0.603. The van der Waals surface area contributed by atoms with Gasteiger partial charge < -0.3 is 10.6 Å². The predicted molar refractivity (Wildman–Crippen MR) is 113 cm³/mol. The largest absolute Gasteiger partial charge is 0.353 e. The van der Waals surface area contributed by atoms with Gasteiger partial charge in [-0.25, -0.2) is 4.39 Å². The van der Waals surface area contributed by atoms with Gasteiger partial charge in [0.15, 0.2) is 0 Å². The number of carbonyl (C=O) groups excluding carboxylic acids is 2. The van der Waals surface area contributed by atoms with Crippen LogP contribution in [0.5, 0.6) is 0 Å². The predicted octanol–water partition coefficient (Wildman–Crippen LogP) is 3.21. The Hall–Kier alpha value is -2.34. The van der Waals surface area contributed by atoms with Crippen LogP contribution in [-0.4, -0.2) is 35.4 Å². The van der Waals surface area contributed by atoms with Gasteiger partial charge in [0, 0.05) is 17.7 Å². The summed E-state index contributed by atoms with van der Waals surface area (Å²) in [5.74, 6) is 0.00768. The zero-order valence-corrected chi connectivity index (χ0v) is 17.0. The first-order valence-electron chi connectivity index (χ1n) is 10.1. The van der Waals surface area contributed by atoms with E-state index in [0.29, 0.717) is 18.7 Å². The number of rotatable bonds is 6. The van der Waals surface area contributed by atoms with Crippen molar-refractivity contribution in [3.05, 3.63) is 71.5 Å². The van der Waals surface area contributed by atoms with Crippen LogP contribution < -0.4 is 10.6 Å². The Balaban J connectivity index is 1.30. The molecule has 29 heavy (non-hydrogen) atoms. The first-order valence-corrected chi connectivity index (χ1v) is 11.1. The van der Waals surface area contributed by atoms with Crippen molar-refractivity contribution >= 4 is 23.6 Å². The zero-order chi connectivity index (χ0) is 20.3. The second-order valence-electron chi connectivity index (χ2n) is 7.93. The molecule has 0 spiro atoms. The third-order valence-electron chi connectivity index (χ3n) is 6.02. The third-order valence-corrected chi connectivity index (χ3v) is 7.33. The molecule has 0 radical (unpaired) electrons. The lowest BCUT2D eigenvalue weighted by Crippen LogP contribution is -2.56. The number of hydrogen-bond donors (Lipinski definition) is 2. The van der Waals surface area contributed by atoms with Gasteiger partial charge in [0.05, 0.1) is 5.25 Å². The topological polar surface area (TPSA) is 58.2 Å². The van der Waals surface area contributed by atoms with Gasteiger partial charge in [0.1, 0.15) is 11.9 Å². The van der Waals surface area contributed by atoms with Crippen molar-refractivity contribution in [1.29, 1.82) is 0 Å². The van der Waals surface area contributed by atoms with Crippen LogP contribution in [0, 0.1) is 5.82 Å². The minimum atomic E-state index is -0.509. The molecule has 2 fully saturated rings. The highest BCUT2D eigenvalue weighted by Gasteiger charge is 2.40. The molecule has 6 heteroatoms. The van der Waals surface area contributed by atoms with Crippen molar-refractivity contribution < 1.29 is 14.0 Å². The Kier molecular flexibility index (Phi) is 5.90. The summed E-state index contributed by atoms with van der Waals surface area (Å²) in [4.78, 5) is 25.2. The Labute approximate surface area is 174 Å². The maximum Gasteiger partial charge on any atom is 0.243 e. The van der Waals surface area contributed by atoms with Crippen molar-refractivity contribution in [1.82, 2.24) is 10.6 Å². The second-order valence-corrected chi connectivity index (χ2v) is 9.17. The lowest BCUT2D eigenvalue weighted by atomic mass is 9.64. The Morgan fingerprint density at radius 1 is 1.14 bits per heavy atom. The van der Waals surface area contributed by atoms with Crippen LogP contribution in [0.25, 0.3) is 0 Å². The molecular formula is C23H25FN2O2S. The van der Waals surface area contributed by atoms with Gasteiger partial charge in [-0.05, 0) is 42.5 Å². The molecule has 2 unspecified atom stereocenters. The molecule has 2 N–H and O–H groups in total. The molecule has 2 aromatic carbocycles. The maximum absolute atomic E-state index is 13.0. The van der Waals surface area contributed by atoms with E-state index in [2.05, 4.69) is 22.8 Å². The summed E-state index contributed by atoms with van der Waals surface area (Å²) in [6, 6.07) is 16.0. The number of thioether (sulfide) groups is 1. The highest BCUT2D eigenvalue weighted by molar-refractivity contribution is 8.00. The smallest absolute Gasteiger partial charge is 0.243 e. The lowest BCUT2D eigenvalue weighted by Gasteiger charge is -2.43. The molecule has 1 saturated carbocycles. The summed E-state index contributed by atoms with van der Waals surface area (Å²) in [7, 11) is 0. The molecule has 0 aromatic heterocycles. The van der Waals surface area contributed by atoms with E-state index in [0.717, 1.165) is 18.4 Å². The van der Waals surface area contributed by atoms with E-state index < -0.39 is 6.04 Å². The van der Waals surface area contributed by atoms with Crippen molar-refractivity contribution in [3.63, 3.8) is 0 Å². The number of carbonyl (C=O) groups is 2. The molecule has 4 nitrogen and oxygen atoms in total. The minimum absolute atomic E-state index is 0.0217. The van der Waals surface area contributed by atoms with Crippen LogP contribution in [0.4, 0.5) is 4.39 Å². The Morgan fingerprint density at radius 2 is 1.86 bits per heavy atom. The quantitative estimate of drug-likeness (QED) is 0.766. The average molecular weight is 413 g/mol. The van der Waals surface area contributed by atoms with E-state index in [9.17, 15) is 14.0 Å². The first-order chi connectivity index (χ1) is 14.1. The standard InChI is InChI=1S/C23H25FN2O2S/c24-18-9-7-16(8-10-18)13-20-22(28)26-19(14-29-20)21(27)25-15-23(11-4-12-23)17-5-2-1-3-6-17/h1-3,5-10,19-20H,4,11-15H2,(H,25,27)(H,26,28). The van der Waals surface area contributed by atoms with Crippen LogP contribution in [0.15, 0.2) is 54.6 Å². The highest BCUT2D eigenvalue weighted by Crippen LogP contribution is 2.43. The van der Waals surface area contributed by atoms with Crippen LogP contribution in [0.2, 0.25) is 0 Å². The summed E-state index contributed by atoms with van der Waals surface area (Å²) >= 11 is 1.49. The van der Waals surface area contributed by atoms with Crippen LogP contribution >= 0.6 is 11.8 Å². The van der Waals surface area contributed by atoms with Crippen molar-refractivity contribution in [2.75, 3.05) is 12.3 Å². The van der Waals surface area contributed by atoms with Gasteiger partial charge in [-0.3, -0.25) is 9.59 Å².